The minimum Gasteiger partial charge on any atom is -0.380 e. The fourth-order valence-corrected chi connectivity index (χ4v) is 1.99. The number of nitrogens with one attached hydrogen (secondary N) is 2. The van der Waals surface area contributed by atoms with E-state index in [0.717, 1.165) is 19.4 Å². The molecule has 0 amide bonds. The summed E-state index contributed by atoms with van der Waals surface area (Å²) in [6.07, 6.45) is 2.09. The summed E-state index contributed by atoms with van der Waals surface area (Å²) in [7, 11) is 0. The van der Waals surface area contributed by atoms with E-state index in [0.29, 0.717) is 24.5 Å². The Hall–Kier alpha value is -1.82. The number of nitro groups is 1. The molecule has 6 nitrogen and oxygen atoms in total. The third kappa shape index (κ3) is 5.99. The summed E-state index contributed by atoms with van der Waals surface area (Å²) in [6.45, 7) is 7.99. The van der Waals surface area contributed by atoms with E-state index in [9.17, 15) is 10.1 Å². The van der Waals surface area contributed by atoms with Crippen molar-refractivity contribution in [2.45, 2.75) is 39.7 Å². The van der Waals surface area contributed by atoms with Gasteiger partial charge in [0.2, 0.25) is 0 Å². The molecule has 0 saturated heterocycles. The molecule has 1 aromatic carbocycles. The Morgan fingerprint density at radius 3 is 2.48 bits per heavy atom. The van der Waals surface area contributed by atoms with E-state index < -0.39 is 0 Å². The molecule has 6 heteroatoms. The van der Waals surface area contributed by atoms with Crippen molar-refractivity contribution < 1.29 is 9.66 Å². The van der Waals surface area contributed by atoms with Gasteiger partial charge in [0.05, 0.1) is 11.0 Å². The standard InChI is InChI=1S/C15H25N3O3/c1-4-16-13-8-7-9-14(15(13)18(19)20)17-10-5-6-11-21-12(2)3/h7-9,12,16-17H,4-6,10-11H2,1-3H3. The molecule has 1 rings (SSSR count). The fraction of sp³-hybridized carbons (Fsp3) is 0.600. The van der Waals surface area contributed by atoms with Crippen LogP contribution >= 0.6 is 0 Å². The summed E-state index contributed by atoms with van der Waals surface area (Å²) in [4.78, 5) is 10.9. The number of ether oxygens (including phenoxy) is 1. The highest BCUT2D eigenvalue weighted by atomic mass is 16.6. The van der Waals surface area contributed by atoms with Gasteiger partial charge < -0.3 is 15.4 Å². The minimum atomic E-state index is -0.345. The van der Waals surface area contributed by atoms with Crippen LogP contribution in [0.4, 0.5) is 17.1 Å². The summed E-state index contributed by atoms with van der Waals surface area (Å²) in [5.74, 6) is 0. The van der Waals surface area contributed by atoms with Crippen LogP contribution in [0.1, 0.15) is 33.6 Å². The Morgan fingerprint density at radius 2 is 1.90 bits per heavy atom. The lowest BCUT2D eigenvalue weighted by Crippen LogP contribution is -2.09. The average molecular weight is 295 g/mol. The summed E-state index contributed by atoms with van der Waals surface area (Å²) in [5, 5.41) is 17.4. The molecule has 0 saturated carbocycles. The largest absolute Gasteiger partial charge is 0.380 e. The van der Waals surface area contributed by atoms with Crippen molar-refractivity contribution in [1.82, 2.24) is 0 Å². The molecule has 2 N–H and O–H groups in total. The number of hydrogen-bond acceptors (Lipinski definition) is 5. The molecule has 0 atom stereocenters. The average Bonchev–Trinajstić information content (AvgIpc) is 2.42. The number of unbranched alkanes of at least 4 members (excludes halogenated alkanes) is 1. The molecule has 0 bridgehead atoms. The molecule has 0 heterocycles. The third-order valence-corrected chi connectivity index (χ3v) is 2.92. The quantitative estimate of drug-likeness (QED) is 0.391. The van der Waals surface area contributed by atoms with Crippen molar-refractivity contribution in [3.63, 3.8) is 0 Å². The first-order valence-electron chi connectivity index (χ1n) is 7.43. The highest BCUT2D eigenvalue weighted by Crippen LogP contribution is 2.32. The Balaban J connectivity index is 2.54. The first-order valence-corrected chi connectivity index (χ1v) is 7.43. The van der Waals surface area contributed by atoms with Gasteiger partial charge in [-0.1, -0.05) is 6.07 Å². The van der Waals surface area contributed by atoms with Gasteiger partial charge in [0.15, 0.2) is 0 Å². The van der Waals surface area contributed by atoms with Crippen LogP contribution in [0.15, 0.2) is 18.2 Å². The second-order valence-corrected chi connectivity index (χ2v) is 5.04. The molecule has 0 fully saturated rings. The first kappa shape index (κ1) is 17.2. The predicted octanol–water partition coefficient (Wildman–Crippen LogP) is 3.64. The number of anilines is 2. The maximum Gasteiger partial charge on any atom is 0.315 e. The predicted molar refractivity (Wildman–Crippen MR) is 86.1 cm³/mol. The highest BCUT2D eigenvalue weighted by molar-refractivity contribution is 5.76. The van der Waals surface area contributed by atoms with Crippen LogP contribution in [0.2, 0.25) is 0 Å². The van der Waals surface area contributed by atoms with E-state index >= 15 is 0 Å². The van der Waals surface area contributed by atoms with Crippen LogP contribution in [0.5, 0.6) is 0 Å². The van der Waals surface area contributed by atoms with Crippen LogP contribution in [0, 0.1) is 10.1 Å². The van der Waals surface area contributed by atoms with Gasteiger partial charge in [0.1, 0.15) is 11.4 Å². The molecule has 21 heavy (non-hydrogen) atoms. The number of rotatable bonds is 10. The second kappa shape index (κ2) is 9.18. The summed E-state index contributed by atoms with van der Waals surface area (Å²) >= 11 is 0. The number of nitro benzene ring substituents is 1. The number of hydrogen-bond donors (Lipinski definition) is 2. The van der Waals surface area contributed by atoms with Gasteiger partial charge in [-0.05, 0) is 45.7 Å². The van der Waals surface area contributed by atoms with Crippen molar-refractivity contribution >= 4 is 17.1 Å². The normalized spacial score (nSPS) is 10.7. The van der Waals surface area contributed by atoms with E-state index in [1.807, 2.05) is 26.8 Å². The van der Waals surface area contributed by atoms with E-state index in [1.165, 1.54) is 0 Å². The maximum atomic E-state index is 11.2. The molecule has 0 aliphatic rings. The Bertz CT molecular complexity index is 450. The lowest BCUT2D eigenvalue weighted by molar-refractivity contribution is -0.383. The zero-order valence-electron chi connectivity index (χ0n) is 13.0. The fourth-order valence-electron chi connectivity index (χ4n) is 1.99. The van der Waals surface area contributed by atoms with Gasteiger partial charge in [-0.3, -0.25) is 10.1 Å². The maximum absolute atomic E-state index is 11.2. The van der Waals surface area contributed by atoms with Crippen LogP contribution in [0.3, 0.4) is 0 Å². The van der Waals surface area contributed by atoms with Crippen LogP contribution in [0.25, 0.3) is 0 Å². The summed E-state index contributed by atoms with van der Waals surface area (Å²) < 4.78 is 5.46. The summed E-state index contributed by atoms with van der Waals surface area (Å²) in [6, 6.07) is 5.28. The monoisotopic (exact) mass is 295 g/mol. The molecule has 0 unspecified atom stereocenters. The second-order valence-electron chi connectivity index (χ2n) is 5.04. The molecule has 0 spiro atoms. The number of nitrogens with zero attached hydrogens (tertiary/aromatic N) is 1. The van der Waals surface area contributed by atoms with Gasteiger partial charge in [-0.25, -0.2) is 0 Å². The van der Waals surface area contributed by atoms with Crippen molar-refractivity contribution in [3.05, 3.63) is 28.3 Å². The Morgan fingerprint density at radius 1 is 1.24 bits per heavy atom. The third-order valence-electron chi connectivity index (χ3n) is 2.92. The Kier molecular flexibility index (Phi) is 7.53. The zero-order valence-corrected chi connectivity index (χ0v) is 13.0. The molecule has 1 aromatic rings. The molecule has 0 aromatic heterocycles. The van der Waals surface area contributed by atoms with Crippen LogP contribution in [-0.4, -0.2) is 30.7 Å². The van der Waals surface area contributed by atoms with Gasteiger partial charge in [-0.2, -0.15) is 0 Å². The molecule has 0 radical (unpaired) electrons. The molecular formula is C15H25N3O3. The van der Waals surface area contributed by atoms with E-state index in [2.05, 4.69) is 10.6 Å². The topological polar surface area (TPSA) is 76.4 Å². The van der Waals surface area contributed by atoms with Crippen LogP contribution < -0.4 is 10.6 Å². The molecular weight excluding hydrogens is 270 g/mol. The van der Waals surface area contributed by atoms with Crippen molar-refractivity contribution in [1.29, 1.82) is 0 Å². The van der Waals surface area contributed by atoms with E-state index in [4.69, 9.17) is 4.74 Å². The van der Waals surface area contributed by atoms with Crippen molar-refractivity contribution in [2.75, 3.05) is 30.3 Å². The lowest BCUT2D eigenvalue weighted by Gasteiger charge is -2.11. The highest BCUT2D eigenvalue weighted by Gasteiger charge is 2.18. The zero-order chi connectivity index (χ0) is 15.7. The van der Waals surface area contributed by atoms with Gasteiger partial charge >= 0.3 is 5.69 Å². The Labute approximate surface area is 126 Å². The van der Waals surface area contributed by atoms with Crippen molar-refractivity contribution in [2.24, 2.45) is 0 Å². The molecule has 0 aliphatic carbocycles. The number of para-hydroxylation sites is 1. The SMILES string of the molecule is CCNc1cccc(NCCCCOC(C)C)c1[N+](=O)[O-]. The van der Waals surface area contributed by atoms with Gasteiger partial charge in [-0.15, -0.1) is 0 Å². The van der Waals surface area contributed by atoms with E-state index in [1.54, 1.807) is 12.1 Å². The van der Waals surface area contributed by atoms with Crippen molar-refractivity contribution in [3.8, 4) is 0 Å². The van der Waals surface area contributed by atoms with Gasteiger partial charge in [0.25, 0.3) is 0 Å². The smallest absolute Gasteiger partial charge is 0.315 e. The number of benzene rings is 1. The van der Waals surface area contributed by atoms with Crippen LogP contribution in [-0.2, 0) is 4.74 Å². The van der Waals surface area contributed by atoms with Gasteiger partial charge in [0, 0.05) is 19.7 Å². The lowest BCUT2D eigenvalue weighted by atomic mass is 10.2. The summed E-state index contributed by atoms with van der Waals surface area (Å²) in [5.41, 5.74) is 1.22. The molecule has 0 aliphatic heterocycles. The first-order chi connectivity index (χ1) is 10.1. The minimum absolute atomic E-state index is 0.109. The van der Waals surface area contributed by atoms with E-state index in [-0.39, 0.29) is 16.7 Å². The molecule has 118 valence electrons.